The maximum absolute atomic E-state index is 11.6. The minimum Gasteiger partial charge on any atom is -0.381 e. The van der Waals surface area contributed by atoms with Crippen LogP contribution in [0.2, 0.25) is 0 Å². The number of nitrogens with one attached hydrogen (secondary N) is 1. The van der Waals surface area contributed by atoms with Gasteiger partial charge in [0.25, 0.3) is 0 Å². The summed E-state index contributed by atoms with van der Waals surface area (Å²) in [6, 6.07) is 15.8. The lowest BCUT2D eigenvalue weighted by Crippen LogP contribution is -2.30. The van der Waals surface area contributed by atoms with Crippen molar-refractivity contribution in [2.75, 3.05) is 30.7 Å². The number of likely N-dealkylation sites (tertiary alicyclic amines) is 1. The van der Waals surface area contributed by atoms with Crippen molar-refractivity contribution in [3.63, 3.8) is 0 Å². The van der Waals surface area contributed by atoms with Gasteiger partial charge in [0.05, 0.1) is 4.90 Å². The molecular formula is C21H29N3O2S2. The lowest BCUT2D eigenvalue weighted by molar-refractivity contribution is 0.328. The lowest BCUT2D eigenvalue weighted by Gasteiger charge is -2.24. The maximum Gasteiger partial charge on any atom is 0.238 e. The molecule has 1 heterocycles. The Morgan fingerprint density at radius 1 is 1.14 bits per heavy atom. The lowest BCUT2D eigenvalue weighted by atomic mass is 10.1. The Bertz CT molecular complexity index is 866. The molecule has 28 heavy (non-hydrogen) atoms. The number of sulfonamides is 1. The number of nitrogens with two attached hydrogens (primary N) is 1. The van der Waals surface area contributed by atoms with Crippen molar-refractivity contribution in [3.8, 4) is 0 Å². The van der Waals surface area contributed by atoms with E-state index in [0.717, 1.165) is 30.0 Å². The molecule has 5 nitrogen and oxygen atoms in total. The number of hydrogen-bond acceptors (Lipinski definition) is 5. The Morgan fingerprint density at radius 2 is 1.86 bits per heavy atom. The maximum atomic E-state index is 11.6. The SMILES string of the molecule is Cc1cc(S(N)(=O)=O)ccc1N[C@H](CCN1CCCC1)CSc1ccccc1. The van der Waals surface area contributed by atoms with E-state index >= 15 is 0 Å². The van der Waals surface area contributed by atoms with Gasteiger partial charge in [-0.15, -0.1) is 11.8 Å². The van der Waals surface area contributed by atoms with E-state index in [4.69, 9.17) is 5.14 Å². The summed E-state index contributed by atoms with van der Waals surface area (Å²) in [4.78, 5) is 3.94. The minimum absolute atomic E-state index is 0.155. The summed E-state index contributed by atoms with van der Waals surface area (Å²) in [7, 11) is -3.68. The highest BCUT2D eigenvalue weighted by Gasteiger charge is 2.17. The van der Waals surface area contributed by atoms with Crippen molar-refractivity contribution in [2.45, 2.75) is 42.0 Å². The summed E-state index contributed by atoms with van der Waals surface area (Å²) in [6.07, 6.45) is 3.65. The van der Waals surface area contributed by atoms with E-state index in [0.29, 0.717) is 6.04 Å². The average Bonchev–Trinajstić information content (AvgIpc) is 3.19. The Balaban J connectivity index is 1.68. The number of aryl methyl sites for hydroxylation is 1. The van der Waals surface area contributed by atoms with Gasteiger partial charge in [-0.3, -0.25) is 0 Å². The Hall–Kier alpha value is -1.54. The third-order valence-electron chi connectivity index (χ3n) is 5.07. The first kappa shape index (κ1) is 21.2. The monoisotopic (exact) mass is 419 g/mol. The molecule has 0 spiro atoms. The van der Waals surface area contributed by atoms with E-state index < -0.39 is 10.0 Å². The molecule has 152 valence electrons. The van der Waals surface area contributed by atoms with E-state index in [9.17, 15) is 8.42 Å². The number of primary sulfonamides is 1. The van der Waals surface area contributed by atoms with Gasteiger partial charge in [-0.05, 0) is 75.2 Å². The summed E-state index contributed by atoms with van der Waals surface area (Å²) >= 11 is 1.85. The summed E-state index contributed by atoms with van der Waals surface area (Å²) in [5, 5.41) is 8.89. The highest BCUT2D eigenvalue weighted by Crippen LogP contribution is 2.24. The van der Waals surface area contributed by atoms with Crippen molar-refractivity contribution in [2.24, 2.45) is 5.14 Å². The van der Waals surface area contributed by atoms with Crippen molar-refractivity contribution >= 4 is 27.5 Å². The van der Waals surface area contributed by atoms with E-state index in [1.54, 1.807) is 12.1 Å². The predicted octanol–water partition coefficient (Wildman–Crippen LogP) is 3.70. The molecule has 3 N–H and O–H groups in total. The quantitative estimate of drug-likeness (QED) is 0.606. The highest BCUT2D eigenvalue weighted by molar-refractivity contribution is 7.99. The van der Waals surface area contributed by atoms with Crippen LogP contribution in [0.3, 0.4) is 0 Å². The largest absolute Gasteiger partial charge is 0.381 e. The molecule has 3 rings (SSSR count). The van der Waals surface area contributed by atoms with Crippen LogP contribution in [0.15, 0.2) is 58.3 Å². The van der Waals surface area contributed by atoms with Gasteiger partial charge in [0.2, 0.25) is 10.0 Å². The standard InChI is InChI=1S/C21H29N3O2S2/c1-17-15-20(28(22,25)26)9-10-21(17)23-18(11-14-24-12-5-6-13-24)16-27-19-7-3-2-4-8-19/h2-4,7-10,15,18,23H,5-6,11-14,16H2,1H3,(H2,22,25,26)/t18-/m1/s1. The molecule has 0 aliphatic carbocycles. The van der Waals surface area contributed by atoms with Crippen LogP contribution in [0.4, 0.5) is 5.69 Å². The Kier molecular flexibility index (Phi) is 7.40. The van der Waals surface area contributed by atoms with Crippen molar-refractivity contribution in [1.82, 2.24) is 4.90 Å². The third kappa shape index (κ3) is 6.24. The molecule has 7 heteroatoms. The molecule has 0 saturated carbocycles. The topological polar surface area (TPSA) is 75.4 Å². The Labute approximate surface area is 172 Å². The fraction of sp³-hybridized carbons (Fsp3) is 0.429. The summed E-state index contributed by atoms with van der Waals surface area (Å²) < 4.78 is 23.2. The first-order chi connectivity index (χ1) is 13.4. The molecule has 2 aromatic carbocycles. The minimum atomic E-state index is -3.68. The van der Waals surface area contributed by atoms with Crippen LogP contribution in [-0.2, 0) is 10.0 Å². The van der Waals surface area contributed by atoms with Crippen LogP contribution < -0.4 is 10.5 Å². The van der Waals surface area contributed by atoms with Gasteiger partial charge in [0.15, 0.2) is 0 Å². The summed E-state index contributed by atoms with van der Waals surface area (Å²) in [5.41, 5.74) is 1.86. The summed E-state index contributed by atoms with van der Waals surface area (Å²) in [6.45, 7) is 5.39. The zero-order valence-electron chi connectivity index (χ0n) is 16.3. The molecule has 0 amide bonds. The van der Waals surface area contributed by atoms with Gasteiger partial charge in [0.1, 0.15) is 0 Å². The number of rotatable bonds is 9. The first-order valence-electron chi connectivity index (χ1n) is 9.72. The smallest absolute Gasteiger partial charge is 0.238 e. The van der Waals surface area contributed by atoms with Crippen LogP contribution in [0.5, 0.6) is 0 Å². The van der Waals surface area contributed by atoms with Gasteiger partial charge in [-0.2, -0.15) is 0 Å². The van der Waals surface area contributed by atoms with E-state index in [2.05, 4.69) is 34.5 Å². The second-order valence-corrected chi connectivity index (χ2v) is 9.98. The molecule has 1 saturated heterocycles. The molecular weight excluding hydrogens is 390 g/mol. The van der Waals surface area contributed by atoms with E-state index in [1.807, 2.05) is 30.8 Å². The van der Waals surface area contributed by atoms with E-state index in [1.165, 1.54) is 30.8 Å². The third-order valence-corrected chi connectivity index (χ3v) is 7.16. The predicted molar refractivity (Wildman–Crippen MR) is 117 cm³/mol. The fourth-order valence-corrected chi connectivity index (χ4v) is 5.04. The molecule has 0 radical (unpaired) electrons. The fourth-order valence-electron chi connectivity index (χ4n) is 3.45. The van der Waals surface area contributed by atoms with Gasteiger partial charge in [-0.25, -0.2) is 13.6 Å². The van der Waals surface area contributed by atoms with Crippen LogP contribution >= 0.6 is 11.8 Å². The number of nitrogens with zero attached hydrogens (tertiary/aromatic N) is 1. The van der Waals surface area contributed by atoms with Gasteiger partial charge in [-0.1, -0.05) is 18.2 Å². The van der Waals surface area contributed by atoms with Crippen LogP contribution in [0.25, 0.3) is 0 Å². The molecule has 0 unspecified atom stereocenters. The number of hydrogen-bond donors (Lipinski definition) is 2. The average molecular weight is 420 g/mol. The van der Waals surface area contributed by atoms with Crippen molar-refractivity contribution < 1.29 is 8.42 Å². The summed E-state index contributed by atoms with van der Waals surface area (Å²) in [5.74, 6) is 0.953. The Morgan fingerprint density at radius 3 is 2.50 bits per heavy atom. The molecule has 0 bridgehead atoms. The van der Waals surface area contributed by atoms with Crippen LogP contribution in [-0.4, -0.2) is 44.7 Å². The molecule has 1 fully saturated rings. The second kappa shape index (κ2) is 9.78. The second-order valence-electron chi connectivity index (χ2n) is 7.32. The van der Waals surface area contributed by atoms with Crippen molar-refractivity contribution in [1.29, 1.82) is 0 Å². The zero-order valence-corrected chi connectivity index (χ0v) is 17.9. The number of anilines is 1. The zero-order chi connectivity index (χ0) is 20.0. The van der Waals surface area contributed by atoms with Crippen molar-refractivity contribution in [3.05, 3.63) is 54.1 Å². The number of benzene rings is 2. The van der Waals surface area contributed by atoms with Gasteiger partial charge in [0, 0.05) is 28.9 Å². The van der Waals surface area contributed by atoms with Crippen LogP contribution in [0, 0.1) is 6.92 Å². The normalized spacial score (nSPS) is 16.2. The molecule has 0 aromatic heterocycles. The molecule has 1 aliphatic heterocycles. The van der Waals surface area contributed by atoms with Crippen LogP contribution in [0.1, 0.15) is 24.8 Å². The number of thioether (sulfide) groups is 1. The van der Waals surface area contributed by atoms with Gasteiger partial charge < -0.3 is 10.2 Å². The molecule has 1 atom stereocenters. The highest BCUT2D eigenvalue weighted by atomic mass is 32.2. The molecule has 1 aliphatic rings. The van der Waals surface area contributed by atoms with Gasteiger partial charge >= 0.3 is 0 Å². The molecule has 2 aromatic rings. The van der Waals surface area contributed by atoms with E-state index in [-0.39, 0.29) is 4.90 Å². The first-order valence-corrected chi connectivity index (χ1v) is 12.3.